The molecule has 1 aliphatic heterocycles. The van der Waals surface area contributed by atoms with Crippen LogP contribution in [0, 0.1) is 0 Å². The van der Waals surface area contributed by atoms with Gasteiger partial charge in [-0.1, -0.05) is 18.2 Å². The number of amides is 1. The Kier molecular flexibility index (Phi) is 3.68. The van der Waals surface area contributed by atoms with Crippen molar-refractivity contribution in [2.45, 2.75) is 16.6 Å². The number of hydrogen-bond acceptors (Lipinski definition) is 4. The van der Waals surface area contributed by atoms with Gasteiger partial charge < -0.3 is 10.1 Å². The minimum absolute atomic E-state index is 0.206. The van der Waals surface area contributed by atoms with E-state index in [1.165, 1.54) is 24.4 Å². The third-order valence-corrected chi connectivity index (χ3v) is 3.83. The summed E-state index contributed by atoms with van der Waals surface area (Å²) in [5.41, 5.74) is 1.17. The average molecular weight is 251 g/mol. The highest BCUT2D eigenvalue weighted by Gasteiger charge is 2.29. The number of ether oxygens (including phenoxy) is 1. The maximum atomic E-state index is 11.7. The van der Waals surface area contributed by atoms with Crippen LogP contribution in [0.4, 0.5) is 0 Å². The number of benzene rings is 1. The Bertz CT molecular complexity index is 422. The van der Waals surface area contributed by atoms with E-state index in [-0.39, 0.29) is 23.7 Å². The highest BCUT2D eigenvalue weighted by atomic mass is 32.2. The molecule has 0 unspecified atom stereocenters. The minimum Gasteiger partial charge on any atom is -0.455 e. The van der Waals surface area contributed by atoms with Crippen molar-refractivity contribution in [3.63, 3.8) is 0 Å². The Balaban J connectivity index is 1.90. The van der Waals surface area contributed by atoms with Gasteiger partial charge >= 0.3 is 5.97 Å². The monoisotopic (exact) mass is 251 g/mol. The van der Waals surface area contributed by atoms with Gasteiger partial charge in [-0.2, -0.15) is 0 Å². The Morgan fingerprint density at radius 1 is 1.47 bits per heavy atom. The Morgan fingerprint density at radius 2 is 2.24 bits per heavy atom. The summed E-state index contributed by atoms with van der Waals surface area (Å²) in [4.78, 5) is 23.8. The highest BCUT2D eigenvalue weighted by molar-refractivity contribution is 8.01. The largest absolute Gasteiger partial charge is 0.455 e. The molecule has 1 aromatic rings. The van der Waals surface area contributed by atoms with E-state index < -0.39 is 0 Å². The first-order valence-electron chi connectivity index (χ1n) is 5.32. The van der Waals surface area contributed by atoms with E-state index in [9.17, 15) is 9.59 Å². The second kappa shape index (κ2) is 5.23. The predicted molar refractivity (Wildman–Crippen MR) is 64.8 cm³/mol. The number of esters is 1. The summed E-state index contributed by atoms with van der Waals surface area (Å²) in [5.74, 6) is -0.617. The first kappa shape index (κ1) is 12.0. The number of fused-ring (bicyclic) bond motifs is 1. The molecule has 0 fully saturated rings. The number of thioether (sulfide) groups is 1. The van der Waals surface area contributed by atoms with Crippen LogP contribution in [0.1, 0.15) is 5.56 Å². The standard InChI is InChI=1S/C12H13NO3S/c1-13-11(14)7-16-12(15)10-6-8-4-2-3-5-9(8)17-10/h2-5,10H,6-7H2,1H3,(H,13,14)/t10-/m1/s1. The molecule has 0 aliphatic carbocycles. The molecule has 2 rings (SSSR count). The molecule has 1 amide bonds. The fourth-order valence-electron chi connectivity index (χ4n) is 1.62. The van der Waals surface area contributed by atoms with Crippen molar-refractivity contribution < 1.29 is 14.3 Å². The van der Waals surface area contributed by atoms with Crippen molar-refractivity contribution in [3.05, 3.63) is 29.8 Å². The first-order valence-corrected chi connectivity index (χ1v) is 6.20. The quantitative estimate of drug-likeness (QED) is 0.814. The molecule has 0 bridgehead atoms. The van der Waals surface area contributed by atoms with Gasteiger partial charge in [-0.15, -0.1) is 11.8 Å². The molecule has 0 aromatic heterocycles. The molecule has 0 saturated heterocycles. The van der Waals surface area contributed by atoms with E-state index in [1.807, 2.05) is 24.3 Å². The van der Waals surface area contributed by atoms with E-state index >= 15 is 0 Å². The summed E-state index contributed by atoms with van der Waals surface area (Å²) in [6.45, 7) is -0.206. The smallest absolute Gasteiger partial charge is 0.320 e. The van der Waals surface area contributed by atoms with E-state index in [1.54, 1.807) is 0 Å². The van der Waals surface area contributed by atoms with Crippen LogP contribution in [-0.2, 0) is 20.7 Å². The van der Waals surface area contributed by atoms with E-state index in [4.69, 9.17) is 4.74 Å². The van der Waals surface area contributed by atoms with Gasteiger partial charge in [-0.05, 0) is 18.1 Å². The molecule has 90 valence electrons. The SMILES string of the molecule is CNC(=O)COC(=O)[C@H]1Cc2ccccc2S1. The molecule has 0 radical (unpaired) electrons. The zero-order valence-electron chi connectivity index (χ0n) is 9.43. The van der Waals surface area contributed by atoms with Crippen molar-refractivity contribution in [1.82, 2.24) is 5.32 Å². The molecule has 1 aromatic carbocycles. The average Bonchev–Trinajstić information content (AvgIpc) is 2.79. The lowest BCUT2D eigenvalue weighted by Gasteiger charge is -2.08. The number of carbonyl (C=O) groups is 2. The lowest BCUT2D eigenvalue weighted by atomic mass is 10.1. The predicted octanol–water partition coefficient (Wildman–Crippen LogP) is 0.993. The number of rotatable bonds is 3. The second-order valence-corrected chi connectivity index (χ2v) is 4.94. The Morgan fingerprint density at radius 3 is 2.94 bits per heavy atom. The van der Waals surface area contributed by atoms with E-state index in [0.717, 1.165) is 4.90 Å². The summed E-state index contributed by atoms with van der Waals surface area (Å²) in [5, 5.41) is 2.18. The van der Waals surface area contributed by atoms with Crippen LogP contribution in [0.2, 0.25) is 0 Å². The molecule has 0 spiro atoms. The molecule has 5 heteroatoms. The van der Waals surface area contributed by atoms with Gasteiger partial charge in [0.05, 0.1) is 0 Å². The summed E-state index contributed by atoms with van der Waals surface area (Å²) in [6, 6.07) is 7.90. The van der Waals surface area contributed by atoms with Gasteiger partial charge in [0.25, 0.3) is 5.91 Å². The summed E-state index contributed by atoms with van der Waals surface area (Å²) >= 11 is 1.50. The maximum absolute atomic E-state index is 11.7. The molecule has 1 heterocycles. The molecule has 4 nitrogen and oxygen atoms in total. The summed E-state index contributed by atoms with van der Waals surface area (Å²) < 4.78 is 4.94. The van der Waals surface area contributed by atoms with Gasteiger partial charge in [-0.25, -0.2) is 0 Å². The van der Waals surface area contributed by atoms with Gasteiger partial charge in [0.15, 0.2) is 6.61 Å². The molecule has 17 heavy (non-hydrogen) atoms. The highest BCUT2D eigenvalue weighted by Crippen LogP contribution is 2.37. The fourth-order valence-corrected chi connectivity index (χ4v) is 2.81. The topological polar surface area (TPSA) is 55.4 Å². The zero-order chi connectivity index (χ0) is 12.3. The lowest BCUT2D eigenvalue weighted by molar-refractivity contribution is -0.147. The first-order chi connectivity index (χ1) is 8.20. The van der Waals surface area contributed by atoms with Crippen LogP contribution < -0.4 is 5.32 Å². The number of hydrogen-bond donors (Lipinski definition) is 1. The fraction of sp³-hybridized carbons (Fsp3) is 0.333. The molecule has 1 aliphatic rings. The van der Waals surface area contributed by atoms with Crippen LogP contribution in [0.25, 0.3) is 0 Å². The van der Waals surface area contributed by atoms with Gasteiger partial charge in [0.2, 0.25) is 0 Å². The lowest BCUT2D eigenvalue weighted by Crippen LogP contribution is -2.28. The van der Waals surface area contributed by atoms with Crippen LogP contribution in [0.5, 0.6) is 0 Å². The van der Waals surface area contributed by atoms with Crippen LogP contribution in [0.3, 0.4) is 0 Å². The van der Waals surface area contributed by atoms with Crippen molar-refractivity contribution in [2.75, 3.05) is 13.7 Å². The van der Waals surface area contributed by atoms with Crippen molar-refractivity contribution in [2.24, 2.45) is 0 Å². The number of nitrogens with one attached hydrogen (secondary N) is 1. The van der Waals surface area contributed by atoms with Gasteiger partial charge in [0, 0.05) is 11.9 Å². The summed E-state index contributed by atoms with van der Waals surface area (Å²) in [7, 11) is 1.51. The molecule has 1 N–H and O–H groups in total. The molecular weight excluding hydrogens is 238 g/mol. The van der Waals surface area contributed by atoms with Crippen LogP contribution in [0.15, 0.2) is 29.2 Å². The molecular formula is C12H13NO3S. The number of likely N-dealkylation sites (N-methyl/N-ethyl adjacent to an activating group) is 1. The molecule has 0 saturated carbocycles. The van der Waals surface area contributed by atoms with Crippen molar-refractivity contribution in [1.29, 1.82) is 0 Å². The Labute approximate surface area is 104 Å². The van der Waals surface area contributed by atoms with Gasteiger partial charge in [0.1, 0.15) is 5.25 Å². The van der Waals surface area contributed by atoms with E-state index in [0.29, 0.717) is 6.42 Å². The zero-order valence-corrected chi connectivity index (χ0v) is 10.3. The normalized spacial score (nSPS) is 17.4. The summed E-state index contributed by atoms with van der Waals surface area (Å²) in [6.07, 6.45) is 0.674. The maximum Gasteiger partial charge on any atom is 0.320 e. The van der Waals surface area contributed by atoms with Crippen LogP contribution >= 0.6 is 11.8 Å². The Hall–Kier alpha value is -1.49. The third-order valence-electron chi connectivity index (χ3n) is 2.53. The second-order valence-electron chi connectivity index (χ2n) is 3.70. The third kappa shape index (κ3) is 2.79. The van der Waals surface area contributed by atoms with Crippen molar-refractivity contribution in [3.8, 4) is 0 Å². The van der Waals surface area contributed by atoms with Crippen molar-refractivity contribution >= 4 is 23.6 Å². The van der Waals surface area contributed by atoms with E-state index in [2.05, 4.69) is 5.32 Å². The molecule has 1 atom stereocenters. The van der Waals surface area contributed by atoms with Crippen LogP contribution in [-0.4, -0.2) is 30.8 Å². The van der Waals surface area contributed by atoms with Gasteiger partial charge in [-0.3, -0.25) is 9.59 Å². The number of carbonyl (C=O) groups excluding carboxylic acids is 2. The minimum atomic E-state index is -0.324.